The second-order valence-corrected chi connectivity index (χ2v) is 4.48. The van der Waals surface area contributed by atoms with Gasteiger partial charge < -0.3 is 10.6 Å². The van der Waals surface area contributed by atoms with Crippen LogP contribution in [0, 0.1) is 5.92 Å². The maximum absolute atomic E-state index is 3.35. The highest BCUT2D eigenvalue weighted by Crippen LogP contribution is 2.15. The van der Waals surface area contributed by atoms with Gasteiger partial charge in [0.1, 0.15) is 0 Å². The highest BCUT2D eigenvalue weighted by atomic mass is 15.0. The summed E-state index contributed by atoms with van der Waals surface area (Å²) in [6, 6.07) is 0.604. The molecule has 12 heavy (non-hydrogen) atoms. The van der Waals surface area contributed by atoms with Gasteiger partial charge in [-0.25, -0.2) is 0 Å². The summed E-state index contributed by atoms with van der Waals surface area (Å²) in [5, 5.41) is 6.67. The molecule has 0 aromatic heterocycles. The highest BCUT2D eigenvalue weighted by Gasteiger charge is 2.22. The van der Waals surface area contributed by atoms with Gasteiger partial charge in [0.2, 0.25) is 0 Å². The summed E-state index contributed by atoms with van der Waals surface area (Å²) < 4.78 is 0. The van der Waals surface area contributed by atoms with E-state index in [2.05, 4.69) is 38.3 Å². The first-order chi connectivity index (χ1) is 5.43. The minimum Gasteiger partial charge on any atom is -0.317 e. The lowest BCUT2D eigenvalue weighted by molar-refractivity contribution is 0.292. The van der Waals surface area contributed by atoms with E-state index in [0.717, 1.165) is 6.42 Å². The van der Waals surface area contributed by atoms with Gasteiger partial charge in [-0.1, -0.05) is 13.8 Å². The van der Waals surface area contributed by atoms with Gasteiger partial charge in [-0.3, -0.25) is 0 Å². The standard InChI is InChI=1S/C10H24N2/c1-8(2)9(11-5)7-10(3,4)12-6/h8-9,11-12H,7H2,1-6H3. The van der Waals surface area contributed by atoms with Crippen LogP contribution in [0.5, 0.6) is 0 Å². The molecule has 74 valence electrons. The van der Waals surface area contributed by atoms with E-state index in [1.807, 2.05) is 14.1 Å². The molecule has 0 aromatic carbocycles. The van der Waals surface area contributed by atoms with Crippen molar-refractivity contribution in [2.75, 3.05) is 14.1 Å². The van der Waals surface area contributed by atoms with Crippen molar-refractivity contribution >= 4 is 0 Å². The fourth-order valence-corrected chi connectivity index (χ4v) is 1.32. The third kappa shape index (κ3) is 4.07. The fraction of sp³-hybridized carbons (Fsp3) is 1.00. The van der Waals surface area contributed by atoms with Gasteiger partial charge in [-0.05, 0) is 40.3 Å². The lowest BCUT2D eigenvalue weighted by atomic mass is 9.89. The number of nitrogens with one attached hydrogen (secondary N) is 2. The van der Waals surface area contributed by atoms with E-state index in [-0.39, 0.29) is 5.54 Å². The van der Waals surface area contributed by atoms with Crippen LogP contribution >= 0.6 is 0 Å². The van der Waals surface area contributed by atoms with E-state index in [0.29, 0.717) is 12.0 Å². The molecule has 2 nitrogen and oxygen atoms in total. The lowest BCUT2D eigenvalue weighted by Gasteiger charge is -2.31. The van der Waals surface area contributed by atoms with Crippen LogP contribution in [0.25, 0.3) is 0 Å². The van der Waals surface area contributed by atoms with Crippen molar-refractivity contribution in [3.63, 3.8) is 0 Å². The normalized spacial score (nSPS) is 15.2. The van der Waals surface area contributed by atoms with Gasteiger partial charge in [-0.2, -0.15) is 0 Å². The molecule has 0 aliphatic carbocycles. The van der Waals surface area contributed by atoms with E-state index < -0.39 is 0 Å². The molecule has 2 heteroatoms. The van der Waals surface area contributed by atoms with E-state index in [4.69, 9.17) is 0 Å². The molecule has 0 radical (unpaired) electrons. The van der Waals surface area contributed by atoms with Crippen LogP contribution in [0.4, 0.5) is 0 Å². The number of hydrogen-bond acceptors (Lipinski definition) is 2. The highest BCUT2D eigenvalue weighted by molar-refractivity contribution is 4.83. The molecule has 1 unspecified atom stereocenters. The second-order valence-electron chi connectivity index (χ2n) is 4.48. The monoisotopic (exact) mass is 172 g/mol. The first kappa shape index (κ1) is 11.9. The van der Waals surface area contributed by atoms with Crippen LogP contribution in [0.15, 0.2) is 0 Å². The van der Waals surface area contributed by atoms with Crippen LogP contribution in [-0.4, -0.2) is 25.7 Å². The molecule has 0 saturated carbocycles. The Balaban J connectivity index is 4.01. The van der Waals surface area contributed by atoms with E-state index in [1.54, 1.807) is 0 Å². The third-order valence-electron chi connectivity index (χ3n) is 2.58. The predicted molar refractivity (Wildman–Crippen MR) is 55.4 cm³/mol. The SMILES string of the molecule is CNC(CC(C)(C)NC)C(C)C. The first-order valence-corrected chi connectivity index (χ1v) is 4.79. The zero-order valence-electron chi connectivity index (χ0n) is 9.36. The van der Waals surface area contributed by atoms with Crippen LogP contribution in [0.3, 0.4) is 0 Å². The van der Waals surface area contributed by atoms with Crippen LogP contribution in [-0.2, 0) is 0 Å². The Morgan fingerprint density at radius 3 is 1.92 bits per heavy atom. The average Bonchev–Trinajstić information content (AvgIpc) is 2.00. The minimum atomic E-state index is 0.234. The molecular weight excluding hydrogens is 148 g/mol. The van der Waals surface area contributed by atoms with Crippen molar-refractivity contribution in [2.24, 2.45) is 5.92 Å². The van der Waals surface area contributed by atoms with Crippen molar-refractivity contribution in [2.45, 2.75) is 45.7 Å². The Bertz CT molecular complexity index is 119. The van der Waals surface area contributed by atoms with Crippen LogP contribution in [0.1, 0.15) is 34.1 Å². The Kier molecular flexibility index (Phi) is 4.80. The van der Waals surface area contributed by atoms with Crippen molar-refractivity contribution < 1.29 is 0 Å². The van der Waals surface area contributed by atoms with Gasteiger partial charge in [0.15, 0.2) is 0 Å². The molecule has 0 aliphatic rings. The van der Waals surface area contributed by atoms with Crippen molar-refractivity contribution in [1.29, 1.82) is 0 Å². The van der Waals surface area contributed by atoms with Crippen LogP contribution in [0.2, 0.25) is 0 Å². The van der Waals surface area contributed by atoms with Gasteiger partial charge in [-0.15, -0.1) is 0 Å². The predicted octanol–water partition coefficient (Wildman–Crippen LogP) is 1.62. The van der Waals surface area contributed by atoms with Crippen molar-refractivity contribution in [3.8, 4) is 0 Å². The number of rotatable bonds is 5. The fourth-order valence-electron chi connectivity index (χ4n) is 1.32. The molecular formula is C10H24N2. The zero-order valence-corrected chi connectivity index (χ0v) is 9.36. The van der Waals surface area contributed by atoms with E-state index in [1.165, 1.54) is 0 Å². The molecule has 2 N–H and O–H groups in total. The van der Waals surface area contributed by atoms with Crippen LogP contribution < -0.4 is 10.6 Å². The molecule has 0 spiro atoms. The quantitative estimate of drug-likeness (QED) is 0.658. The Morgan fingerprint density at radius 1 is 1.17 bits per heavy atom. The summed E-state index contributed by atoms with van der Waals surface area (Å²) in [6.45, 7) is 8.99. The lowest BCUT2D eigenvalue weighted by Crippen LogP contribution is -2.45. The van der Waals surface area contributed by atoms with Crippen molar-refractivity contribution in [3.05, 3.63) is 0 Å². The summed E-state index contributed by atoms with van der Waals surface area (Å²) in [6.07, 6.45) is 1.16. The van der Waals surface area contributed by atoms with Gasteiger partial charge in [0.25, 0.3) is 0 Å². The van der Waals surface area contributed by atoms with Crippen molar-refractivity contribution in [1.82, 2.24) is 10.6 Å². The summed E-state index contributed by atoms with van der Waals surface area (Å²) in [5.41, 5.74) is 0.234. The second kappa shape index (κ2) is 4.83. The van der Waals surface area contributed by atoms with Gasteiger partial charge >= 0.3 is 0 Å². The Labute approximate surface area is 77.1 Å². The largest absolute Gasteiger partial charge is 0.317 e. The summed E-state index contributed by atoms with van der Waals surface area (Å²) in [5.74, 6) is 0.697. The first-order valence-electron chi connectivity index (χ1n) is 4.79. The number of hydrogen-bond donors (Lipinski definition) is 2. The summed E-state index contributed by atoms with van der Waals surface area (Å²) >= 11 is 0. The molecule has 0 aromatic rings. The van der Waals surface area contributed by atoms with Gasteiger partial charge in [0, 0.05) is 11.6 Å². The molecule has 0 amide bonds. The molecule has 0 aliphatic heterocycles. The maximum atomic E-state index is 3.35. The molecule has 0 bridgehead atoms. The maximum Gasteiger partial charge on any atom is 0.0137 e. The van der Waals surface area contributed by atoms with E-state index in [9.17, 15) is 0 Å². The Hall–Kier alpha value is -0.0800. The minimum absolute atomic E-state index is 0.234. The summed E-state index contributed by atoms with van der Waals surface area (Å²) in [7, 11) is 4.06. The Morgan fingerprint density at radius 2 is 1.67 bits per heavy atom. The smallest absolute Gasteiger partial charge is 0.0137 e. The molecule has 1 atom stereocenters. The molecule has 0 saturated heterocycles. The topological polar surface area (TPSA) is 24.1 Å². The van der Waals surface area contributed by atoms with E-state index >= 15 is 0 Å². The zero-order chi connectivity index (χ0) is 9.78. The average molecular weight is 172 g/mol. The molecule has 0 heterocycles. The molecule has 0 fully saturated rings. The summed E-state index contributed by atoms with van der Waals surface area (Å²) in [4.78, 5) is 0. The third-order valence-corrected chi connectivity index (χ3v) is 2.58. The molecule has 0 rings (SSSR count). The van der Waals surface area contributed by atoms with Gasteiger partial charge in [0.05, 0.1) is 0 Å².